The second-order valence-corrected chi connectivity index (χ2v) is 6.31. The van der Waals surface area contributed by atoms with E-state index in [0.29, 0.717) is 17.3 Å². The number of carbonyl (C=O) groups is 1. The van der Waals surface area contributed by atoms with Gasteiger partial charge in [0.05, 0.1) is 18.4 Å². The van der Waals surface area contributed by atoms with Crippen LogP contribution in [-0.4, -0.2) is 28.5 Å². The third kappa shape index (κ3) is 5.50. The molecule has 0 aliphatic carbocycles. The van der Waals surface area contributed by atoms with Gasteiger partial charge in [-0.05, 0) is 29.8 Å². The van der Waals surface area contributed by atoms with E-state index >= 15 is 0 Å². The zero-order chi connectivity index (χ0) is 20.1. The molecule has 0 spiro atoms. The van der Waals surface area contributed by atoms with Crippen molar-refractivity contribution in [1.29, 1.82) is 0 Å². The van der Waals surface area contributed by atoms with Gasteiger partial charge in [-0.1, -0.05) is 35.9 Å². The highest BCUT2D eigenvalue weighted by Crippen LogP contribution is 2.20. The Kier molecular flexibility index (Phi) is 5.89. The number of aromatic nitrogens is 2. The van der Waals surface area contributed by atoms with Gasteiger partial charge in [0.1, 0.15) is 5.75 Å². The highest BCUT2D eigenvalue weighted by molar-refractivity contribution is 6.31. The van der Waals surface area contributed by atoms with Gasteiger partial charge in [0.25, 0.3) is 5.91 Å². The molecule has 28 heavy (non-hydrogen) atoms. The summed E-state index contributed by atoms with van der Waals surface area (Å²) in [5.74, 6) is -0.533. The summed E-state index contributed by atoms with van der Waals surface area (Å²) in [5.41, 5.74) is 1.48. The maximum atomic E-state index is 12.3. The van der Waals surface area contributed by atoms with Crippen LogP contribution in [0.15, 0.2) is 60.9 Å². The first-order valence-corrected chi connectivity index (χ1v) is 8.55. The van der Waals surface area contributed by atoms with Crippen molar-refractivity contribution in [2.45, 2.75) is 12.7 Å². The van der Waals surface area contributed by atoms with Crippen molar-refractivity contribution in [3.63, 3.8) is 0 Å². The largest absolute Gasteiger partial charge is 0.484 e. The number of anilines is 1. The molecule has 1 heterocycles. The van der Waals surface area contributed by atoms with E-state index in [4.69, 9.17) is 11.6 Å². The van der Waals surface area contributed by atoms with E-state index in [9.17, 15) is 18.0 Å². The SMILES string of the molecule is O=C(Nc1cnn(Cc2ccccc2Cl)c1)c1cccc(OCC(F)(F)F)c1. The van der Waals surface area contributed by atoms with Gasteiger partial charge in [-0.15, -0.1) is 0 Å². The number of rotatable bonds is 6. The van der Waals surface area contributed by atoms with Gasteiger partial charge in [-0.25, -0.2) is 0 Å². The third-order valence-corrected chi connectivity index (χ3v) is 4.05. The van der Waals surface area contributed by atoms with Gasteiger partial charge in [0.2, 0.25) is 0 Å². The van der Waals surface area contributed by atoms with Crippen molar-refractivity contribution in [3.05, 3.63) is 77.1 Å². The van der Waals surface area contributed by atoms with Gasteiger partial charge >= 0.3 is 6.18 Å². The fourth-order valence-electron chi connectivity index (χ4n) is 2.41. The van der Waals surface area contributed by atoms with E-state index < -0.39 is 18.7 Å². The van der Waals surface area contributed by atoms with Crippen LogP contribution in [0.3, 0.4) is 0 Å². The number of carbonyl (C=O) groups excluding carboxylic acids is 1. The number of hydrogen-bond acceptors (Lipinski definition) is 3. The molecule has 0 unspecified atom stereocenters. The number of amides is 1. The van der Waals surface area contributed by atoms with Crippen LogP contribution in [0.25, 0.3) is 0 Å². The Morgan fingerprint density at radius 1 is 1.18 bits per heavy atom. The number of alkyl halides is 3. The summed E-state index contributed by atoms with van der Waals surface area (Å²) in [4.78, 5) is 12.3. The second-order valence-electron chi connectivity index (χ2n) is 5.90. The lowest BCUT2D eigenvalue weighted by Gasteiger charge is -2.10. The van der Waals surface area contributed by atoms with Gasteiger partial charge < -0.3 is 10.1 Å². The molecule has 9 heteroatoms. The van der Waals surface area contributed by atoms with Crippen molar-refractivity contribution in [2.24, 2.45) is 0 Å². The summed E-state index contributed by atoms with van der Waals surface area (Å²) in [6.07, 6.45) is -1.35. The zero-order valence-electron chi connectivity index (χ0n) is 14.4. The van der Waals surface area contributed by atoms with Gasteiger partial charge in [-0.2, -0.15) is 18.3 Å². The summed E-state index contributed by atoms with van der Waals surface area (Å²) in [7, 11) is 0. The summed E-state index contributed by atoms with van der Waals surface area (Å²) >= 11 is 6.12. The van der Waals surface area contributed by atoms with Gasteiger partial charge in [0, 0.05) is 16.8 Å². The van der Waals surface area contributed by atoms with E-state index in [1.54, 1.807) is 16.9 Å². The van der Waals surface area contributed by atoms with Crippen molar-refractivity contribution in [2.75, 3.05) is 11.9 Å². The first-order valence-electron chi connectivity index (χ1n) is 8.17. The van der Waals surface area contributed by atoms with Crippen LogP contribution in [0.1, 0.15) is 15.9 Å². The number of benzene rings is 2. The molecule has 3 rings (SSSR count). The number of nitrogens with zero attached hydrogens (tertiary/aromatic N) is 2. The molecule has 5 nitrogen and oxygen atoms in total. The van der Waals surface area contributed by atoms with E-state index in [2.05, 4.69) is 15.2 Å². The Morgan fingerprint density at radius 2 is 1.96 bits per heavy atom. The number of nitrogens with one attached hydrogen (secondary N) is 1. The average Bonchev–Trinajstić information content (AvgIpc) is 3.08. The maximum Gasteiger partial charge on any atom is 0.422 e. The maximum absolute atomic E-state index is 12.3. The lowest BCUT2D eigenvalue weighted by atomic mass is 10.2. The highest BCUT2D eigenvalue weighted by Gasteiger charge is 2.28. The fourth-order valence-corrected chi connectivity index (χ4v) is 2.61. The topological polar surface area (TPSA) is 56.2 Å². The molecule has 1 N–H and O–H groups in total. The molecule has 0 aliphatic rings. The molecule has 0 saturated carbocycles. The van der Waals surface area contributed by atoms with Crippen LogP contribution in [0.2, 0.25) is 5.02 Å². The smallest absolute Gasteiger partial charge is 0.422 e. The zero-order valence-corrected chi connectivity index (χ0v) is 15.2. The van der Waals surface area contributed by atoms with Crippen LogP contribution in [0.4, 0.5) is 18.9 Å². The minimum Gasteiger partial charge on any atom is -0.484 e. The molecule has 1 amide bonds. The Balaban J connectivity index is 1.64. The molecule has 0 saturated heterocycles. The van der Waals surface area contributed by atoms with Crippen LogP contribution < -0.4 is 10.1 Å². The molecular formula is C19H15ClF3N3O2. The van der Waals surface area contributed by atoms with Crippen molar-refractivity contribution < 1.29 is 22.7 Å². The Morgan fingerprint density at radius 3 is 2.71 bits per heavy atom. The molecule has 1 aromatic heterocycles. The van der Waals surface area contributed by atoms with Crippen molar-refractivity contribution >= 4 is 23.2 Å². The molecule has 0 aliphatic heterocycles. The van der Waals surface area contributed by atoms with Crippen LogP contribution in [-0.2, 0) is 6.54 Å². The lowest BCUT2D eigenvalue weighted by molar-refractivity contribution is -0.153. The van der Waals surface area contributed by atoms with Crippen molar-refractivity contribution in [1.82, 2.24) is 9.78 Å². The molecule has 0 atom stereocenters. The molecule has 3 aromatic rings. The summed E-state index contributed by atoms with van der Waals surface area (Å²) in [5, 5.41) is 7.42. The predicted molar refractivity (Wildman–Crippen MR) is 98.7 cm³/mol. The van der Waals surface area contributed by atoms with E-state index in [1.807, 2.05) is 18.2 Å². The second kappa shape index (κ2) is 8.35. The summed E-state index contributed by atoms with van der Waals surface area (Å²) in [6, 6.07) is 12.9. The van der Waals surface area contributed by atoms with Crippen molar-refractivity contribution in [3.8, 4) is 5.75 Å². The van der Waals surface area contributed by atoms with Gasteiger partial charge in [0.15, 0.2) is 6.61 Å². The average molecular weight is 410 g/mol. The minimum atomic E-state index is -4.45. The molecular weight excluding hydrogens is 395 g/mol. The third-order valence-electron chi connectivity index (χ3n) is 3.68. The van der Waals surface area contributed by atoms with Crippen LogP contribution in [0.5, 0.6) is 5.75 Å². The van der Waals surface area contributed by atoms with Crippen LogP contribution >= 0.6 is 11.6 Å². The molecule has 2 aromatic carbocycles. The van der Waals surface area contributed by atoms with Gasteiger partial charge in [-0.3, -0.25) is 9.48 Å². The predicted octanol–water partition coefficient (Wildman–Crippen LogP) is 4.78. The monoisotopic (exact) mass is 409 g/mol. The normalized spacial score (nSPS) is 11.3. The first-order chi connectivity index (χ1) is 13.3. The van der Waals surface area contributed by atoms with Crippen LogP contribution in [0, 0.1) is 0 Å². The Labute approximate surface area is 163 Å². The fraction of sp³-hybridized carbons (Fsp3) is 0.158. The molecule has 0 bridgehead atoms. The number of halogens is 4. The number of hydrogen-bond donors (Lipinski definition) is 1. The van der Waals surface area contributed by atoms with E-state index in [0.717, 1.165) is 5.56 Å². The molecule has 146 valence electrons. The number of ether oxygens (including phenoxy) is 1. The van der Waals surface area contributed by atoms with E-state index in [1.165, 1.54) is 30.5 Å². The highest BCUT2D eigenvalue weighted by atomic mass is 35.5. The Bertz CT molecular complexity index is 973. The molecule has 0 radical (unpaired) electrons. The summed E-state index contributed by atoms with van der Waals surface area (Å²) < 4.78 is 43.0. The Hall–Kier alpha value is -3.00. The van der Waals surface area contributed by atoms with E-state index in [-0.39, 0.29) is 11.3 Å². The molecule has 0 fully saturated rings. The standard InChI is InChI=1S/C19H15ClF3N3O2/c20-17-7-2-1-4-14(17)10-26-11-15(9-24-26)25-18(27)13-5-3-6-16(8-13)28-12-19(21,22)23/h1-9,11H,10,12H2,(H,25,27). The lowest BCUT2D eigenvalue weighted by Crippen LogP contribution is -2.19. The summed E-state index contributed by atoms with van der Waals surface area (Å²) in [6.45, 7) is -0.997. The first kappa shape index (κ1) is 19.8. The minimum absolute atomic E-state index is 0.0422. The quantitative estimate of drug-likeness (QED) is 0.637.